The van der Waals surface area contributed by atoms with Gasteiger partial charge in [-0.15, -0.1) is 0 Å². The molecule has 1 fully saturated rings. The summed E-state index contributed by atoms with van der Waals surface area (Å²) in [5.41, 5.74) is -0.611. The minimum absolute atomic E-state index is 0.611. The van der Waals surface area contributed by atoms with Gasteiger partial charge in [0.15, 0.2) is 0 Å². The van der Waals surface area contributed by atoms with Crippen molar-refractivity contribution >= 4 is 0 Å². The van der Waals surface area contributed by atoms with Crippen LogP contribution in [0, 0.1) is 5.92 Å². The van der Waals surface area contributed by atoms with Crippen molar-refractivity contribution in [3.8, 4) is 0 Å². The van der Waals surface area contributed by atoms with Crippen LogP contribution in [0.25, 0.3) is 0 Å². The second kappa shape index (κ2) is 5.61. The Morgan fingerprint density at radius 1 is 1.15 bits per heavy atom. The summed E-state index contributed by atoms with van der Waals surface area (Å²) >= 11 is 0. The molecule has 0 aromatic rings. The van der Waals surface area contributed by atoms with E-state index < -0.39 is 5.72 Å². The molecule has 1 aliphatic rings. The van der Waals surface area contributed by atoms with Crippen LogP contribution < -0.4 is 0 Å². The van der Waals surface area contributed by atoms with Crippen molar-refractivity contribution in [2.45, 2.75) is 53.2 Å². The van der Waals surface area contributed by atoms with E-state index in [2.05, 4.69) is 11.8 Å². The SMILES string of the molecule is CC.CC1CCN(C(C)(C)O)CC1. The molecule has 0 unspecified atom stereocenters. The average Bonchev–Trinajstić information content (AvgIpc) is 2.07. The van der Waals surface area contributed by atoms with Crippen molar-refractivity contribution in [1.82, 2.24) is 4.90 Å². The highest BCUT2D eigenvalue weighted by atomic mass is 16.3. The Balaban J connectivity index is 0.000000671. The van der Waals surface area contributed by atoms with Crippen LogP contribution in [0.2, 0.25) is 0 Å². The van der Waals surface area contributed by atoms with Gasteiger partial charge in [0.25, 0.3) is 0 Å². The molecule has 0 atom stereocenters. The molecule has 0 saturated carbocycles. The molecule has 1 rings (SSSR count). The number of aliphatic hydroxyl groups is 1. The van der Waals surface area contributed by atoms with E-state index in [0.717, 1.165) is 19.0 Å². The zero-order valence-electron chi connectivity index (χ0n) is 9.80. The van der Waals surface area contributed by atoms with Crippen molar-refractivity contribution in [3.63, 3.8) is 0 Å². The molecule has 0 spiro atoms. The van der Waals surface area contributed by atoms with Crippen LogP contribution in [0.5, 0.6) is 0 Å². The van der Waals surface area contributed by atoms with Gasteiger partial charge < -0.3 is 5.11 Å². The third-order valence-electron chi connectivity index (χ3n) is 2.56. The zero-order chi connectivity index (χ0) is 10.5. The van der Waals surface area contributed by atoms with Gasteiger partial charge in [-0.2, -0.15) is 0 Å². The van der Waals surface area contributed by atoms with E-state index in [0.29, 0.717) is 0 Å². The van der Waals surface area contributed by atoms with Crippen molar-refractivity contribution in [2.24, 2.45) is 5.92 Å². The van der Waals surface area contributed by atoms with E-state index in [1.54, 1.807) is 0 Å². The van der Waals surface area contributed by atoms with Gasteiger partial charge in [0.1, 0.15) is 5.72 Å². The Bertz CT molecular complexity index is 121. The maximum atomic E-state index is 9.65. The largest absolute Gasteiger partial charge is 0.376 e. The molecule has 1 aliphatic heterocycles. The number of piperidine rings is 1. The smallest absolute Gasteiger partial charge is 0.112 e. The molecule has 80 valence electrons. The Kier molecular flexibility index (Phi) is 5.57. The maximum absolute atomic E-state index is 9.65. The predicted molar refractivity (Wildman–Crippen MR) is 57.6 cm³/mol. The molecule has 2 nitrogen and oxygen atoms in total. The molecule has 13 heavy (non-hydrogen) atoms. The third kappa shape index (κ3) is 4.63. The molecule has 0 aromatic heterocycles. The summed E-state index contributed by atoms with van der Waals surface area (Å²) in [6.07, 6.45) is 2.45. The van der Waals surface area contributed by atoms with Crippen molar-refractivity contribution in [1.29, 1.82) is 0 Å². The first-order chi connectivity index (χ1) is 6.00. The second-order valence-corrected chi connectivity index (χ2v) is 4.16. The quantitative estimate of drug-likeness (QED) is 0.681. The van der Waals surface area contributed by atoms with Gasteiger partial charge in [-0.3, -0.25) is 4.90 Å². The second-order valence-electron chi connectivity index (χ2n) is 4.16. The molecule has 0 amide bonds. The van der Waals surface area contributed by atoms with Crippen LogP contribution in [0.1, 0.15) is 47.5 Å². The molecule has 1 saturated heterocycles. The van der Waals surface area contributed by atoms with Crippen molar-refractivity contribution < 1.29 is 5.11 Å². The highest BCUT2D eigenvalue weighted by Gasteiger charge is 2.26. The maximum Gasteiger partial charge on any atom is 0.112 e. The lowest BCUT2D eigenvalue weighted by atomic mass is 9.98. The zero-order valence-corrected chi connectivity index (χ0v) is 9.80. The van der Waals surface area contributed by atoms with E-state index in [1.165, 1.54) is 12.8 Å². The summed E-state index contributed by atoms with van der Waals surface area (Å²) in [5.74, 6) is 0.841. The Labute approximate surface area is 82.9 Å². The van der Waals surface area contributed by atoms with Gasteiger partial charge in [0.05, 0.1) is 0 Å². The minimum atomic E-state index is -0.611. The summed E-state index contributed by atoms with van der Waals surface area (Å²) in [6.45, 7) is 12.1. The third-order valence-corrected chi connectivity index (χ3v) is 2.56. The number of hydrogen-bond donors (Lipinski definition) is 1. The average molecular weight is 187 g/mol. The molecule has 0 bridgehead atoms. The lowest BCUT2D eigenvalue weighted by Crippen LogP contribution is -2.47. The monoisotopic (exact) mass is 187 g/mol. The highest BCUT2D eigenvalue weighted by Crippen LogP contribution is 2.21. The van der Waals surface area contributed by atoms with Crippen LogP contribution >= 0.6 is 0 Å². The fourth-order valence-corrected chi connectivity index (χ4v) is 1.56. The summed E-state index contributed by atoms with van der Waals surface area (Å²) in [6, 6.07) is 0. The number of nitrogens with zero attached hydrogens (tertiary/aromatic N) is 1. The topological polar surface area (TPSA) is 23.5 Å². The standard InChI is InChI=1S/C9H19NO.C2H6/c1-8-4-6-10(7-5-8)9(2,3)11;1-2/h8,11H,4-7H2,1-3H3;1-2H3. The fraction of sp³-hybridized carbons (Fsp3) is 1.00. The number of hydrogen-bond acceptors (Lipinski definition) is 2. The Morgan fingerprint density at radius 2 is 1.54 bits per heavy atom. The van der Waals surface area contributed by atoms with Crippen LogP contribution in [0.15, 0.2) is 0 Å². The molecule has 1 N–H and O–H groups in total. The van der Waals surface area contributed by atoms with Crippen LogP contribution in [0.4, 0.5) is 0 Å². The van der Waals surface area contributed by atoms with Crippen LogP contribution in [-0.2, 0) is 0 Å². The lowest BCUT2D eigenvalue weighted by molar-refractivity contribution is -0.0910. The molecule has 2 heteroatoms. The fourth-order valence-electron chi connectivity index (χ4n) is 1.56. The van der Waals surface area contributed by atoms with Gasteiger partial charge in [0, 0.05) is 13.1 Å². The Hall–Kier alpha value is -0.0800. The summed E-state index contributed by atoms with van der Waals surface area (Å²) in [4.78, 5) is 2.15. The summed E-state index contributed by atoms with van der Waals surface area (Å²) < 4.78 is 0. The minimum Gasteiger partial charge on any atom is -0.376 e. The van der Waals surface area contributed by atoms with E-state index in [1.807, 2.05) is 27.7 Å². The number of likely N-dealkylation sites (tertiary alicyclic amines) is 1. The van der Waals surface area contributed by atoms with E-state index in [9.17, 15) is 5.11 Å². The predicted octanol–water partition coefficient (Wildman–Crippen LogP) is 2.47. The molecule has 0 radical (unpaired) electrons. The normalized spacial score (nSPS) is 20.8. The lowest BCUT2D eigenvalue weighted by Gasteiger charge is -2.38. The van der Waals surface area contributed by atoms with Gasteiger partial charge >= 0.3 is 0 Å². The molecule has 0 aliphatic carbocycles. The van der Waals surface area contributed by atoms with E-state index >= 15 is 0 Å². The first kappa shape index (κ1) is 12.9. The highest BCUT2D eigenvalue weighted by molar-refractivity contribution is 4.75. The summed E-state index contributed by atoms with van der Waals surface area (Å²) in [7, 11) is 0. The molecular weight excluding hydrogens is 162 g/mol. The first-order valence-electron chi connectivity index (χ1n) is 5.47. The summed E-state index contributed by atoms with van der Waals surface area (Å²) in [5, 5.41) is 9.65. The van der Waals surface area contributed by atoms with Gasteiger partial charge in [-0.1, -0.05) is 20.8 Å². The molecule has 0 aromatic carbocycles. The Morgan fingerprint density at radius 3 is 1.85 bits per heavy atom. The van der Waals surface area contributed by atoms with Crippen LogP contribution in [-0.4, -0.2) is 28.8 Å². The van der Waals surface area contributed by atoms with Crippen LogP contribution in [0.3, 0.4) is 0 Å². The molecule has 1 heterocycles. The van der Waals surface area contributed by atoms with E-state index in [-0.39, 0.29) is 0 Å². The van der Waals surface area contributed by atoms with Gasteiger partial charge in [-0.25, -0.2) is 0 Å². The van der Waals surface area contributed by atoms with Gasteiger partial charge in [-0.05, 0) is 32.6 Å². The van der Waals surface area contributed by atoms with Crippen molar-refractivity contribution in [3.05, 3.63) is 0 Å². The van der Waals surface area contributed by atoms with Gasteiger partial charge in [0.2, 0.25) is 0 Å². The van der Waals surface area contributed by atoms with Crippen molar-refractivity contribution in [2.75, 3.05) is 13.1 Å². The van der Waals surface area contributed by atoms with E-state index in [4.69, 9.17) is 0 Å². The number of rotatable bonds is 1. The first-order valence-corrected chi connectivity index (χ1v) is 5.47. The molecular formula is C11H25NO.